The SMILES string of the molecule is C[C@@H](C(=O)Nc1cc(Cl)c(Cl)cc1Cl)N(C)CC(=O)Nc1ccc(N2CCOCC2)cc1. The van der Waals surface area contributed by atoms with E-state index in [1.54, 1.807) is 18.9 Å². The highest BCUT2D eigenvalue weighted by atomic mass is 35.5. The van der Waals surface area contributed by atoms with Crippen LogP contribution in [0.5, 0.6) is 0 Å². The van der Waals surface area contributed by atoms with E-state index in [1.165, 1.54) is 12.1 Å². The fraction of sp³-hybridized carbons (Fsp3) is 0.364. The van der Waals surface area contributed by atoms with Crippen molar-refractivity contribution >= 4 is 63.7 Å². The molecule has 10 heteroatoms. The molecule has 2 N–H and O–H groups in total. The van der Waals surface area contributed by atoms with Gasteiger partial charge in [0.1, 0.15) is 0 Å². The maximum atomic E-state index is 12.6. The van der Waals surface area contributed by atoms with Crippen LogP contribution in [-0.2, 0) is 14.3 Å². The molecule has 2 amide bonds. The summed E-state index contributed by atoms with van der Waals surface area (Å²) < 4.78 is 5.37. The van der Waals surface area contributed by atoms with Crippen LogP contribution in [0.3, 0.4) is 0 Å². The van der Waals surface area contributed by atoms with Crippen molar-refractivity contribution in [3.8, 4) is 0 Å². The van der Waals surface area contributed by atoms with Gasteiger partial charge in [-0.1, -0.05) is 34.8 Å². The van der Waals surface area contributed by atoms with Crippen LogP contribution in [0.15, 0.2) is 36.4 Å². The Morgan fingerprint density at radius 1 is 1.03 bits per heavy atom. The number of hydrogen-bond acceptors (Lipinski definition) is 5. The van der Waals surface area contributed by atoms with E-state index in [9.17, 15) is 9.59 Å². The molecule has 0 radical (unpaired) electrons. The van der Waals surface area contributed by atoms with Crippen LogP contribution in [0.4, 0.5) is 17.1 Å². The van der Waals surface area contributed by atoms with Gasteiger partial charge < -0.3 is 20.3 Å². The number of nitrogens with one attached hydrogen (secondary N) is 2. The van der Waals surface area contributed by atoms with Crippen LogP contribution in [0, 0.1) is 0 Å². The highest BCUT2D eigenvalue weighted by Crippen LogP contribution is 2.32. The summed E-state index contributed by atoms with van der Waals surface area (Å²) in [5.74, 6) is -0.547. The molecular formula is C22H25Cl3N4O3. The standard InChI is InChI=1S/C22H25Cl3N4O3/c1-14(22(31)27-20-12-18(24)17(23)11-19(20)25)28(2)13-21(30)26-15-3-5-16(6-4-15)29-7-9-32-10-8-29/h3-6,11-12,14H,7-10,13H2,1-2H3,(H,26,30)(H,27,31)/t14-/m0/s1. The second kappa shape index (κ2) is 11.2. The van der Waals surface area contributed by atoms with E-state index in [4.69, 9.17) is 39.5 Å². The van der Waals surface area contributed by atoms with Crippen molar-refractivity contribution in [2.75, 3.05) is 55.4 Å². The van der Waals surface area contributed by atoms with Crippen LogP contribution in [-0.4, -0.2) is 62.7 Å². The molecule has 1 aliphatic rings. The molecule has 1 aliphatic heterocycles. The molecule has 0 bridgehead atoms. The lowest BCUT2D eigenvalue weighted by atomic mass is 10.2. The minimum absolute atomic E-state index is 0.0366. The number of carbonyl (C=O) groups is 2. The Hall–Kier alpha value is -2.03. The minimum atomic E-state index is -0.588. The summed E-state index contributed by atoms with van der Waals surface area (Å²) in [4.78, 5) is 28.9. The highest BCUT2D eigenvalue weighted by molar-refractivity contribution is 6.44. The Morgan fingerprint density at radius 3 is 2.31 bits per heavy atom. The molecule has 1 atom stereocenters. The number of rotatable bonds is 7. The van der Waals surface area contributed by atoms with E-state index >= 15 is 0 Å². The summed E-state index contributed by atoms with van der Waals surface area (Å²) in [7, 11) is 1.70. The molecule has 32 heavy (non-hydrogen) atoms. The summed E-state index contributed by atoms with van der Waals surface area (Å²) in [6, 6.07) is 10.0. The van der Waals surface area contributed by atoms with Crippen LogP contribution in [0.2, 0.25) is 15.1 Å². The first-order valence-corrected chi connectivity index (χ1v) is 11.3. The fourth-order valence-corrected chi connectivity index (χ4v) is 3.79. The van der Waals surface area contributed by atoms with Gasteiger partial charge in [-0.2, -0.15) is 0 Å². The second-order valence-electron chi connectivity index (χ2n) is 7.52. The number of ether oxygens (including phenoxy) is 1. The smallest absolute Gasteiger partial charge is 0.241 e. The Labute approximate surface area is 202 Å². The maximum Gasteiger partial charge on any atom is 0.241 e. The Bertz CT molecular complexity index is 966. The Kier molecular flexibility index (Phi) is 8.62. The average molecular weight is 500 g/mol. The normalized spacial score (nSPS) is 14.9. The van der Waals surface area contributed by atoms with Gasteiger partial charge >= 0.3 is 0 Å². The maximum absolute atomic E-state index is 12.6. The molecule has 0 unspecified atom stereocenters. The predicted molar refractivity (Wildman–Crippen MR) is 130 cm³/mol. The molecular weight excluding hydrogens is 475 g/mol. The molecule has 7 nitrogen and oxygen atoms in total. The molecule has 0 aliphatic carbocycles. The van der Waals surface area contributed by atoms with E-state index in [-0.39, 0.29) is 28.4 Å². The van der Waals surface area contributed by atoms with Crippen molar-refractivity contribution in [3.63, 3.8) is 0 Å². The number of halogens is 3. The molecule has 0 saturated carbocycles. The number of likely N-dealkylation sites (N-methyl/N-ethyl adjacent to an activating group) is 1. The molecule has 1 heterocycles. The summed E-state index contributed by atoms with van der Waals surface area (Å²) in [5.41, 5.74) is 2.14. The third-order valence-corrected chi connectivity index (χ3v) is 6.26. The second-order valence-corrected chi connectivity index (χ2v) is 8.74. The minimum Gasteiger partial charge on any atom is -0.378 e. The van der Waals surface area contributed by atoms with E-state index < -0.39 is 6.04 Å². The van der Waals surface area contributed by atoms with Crippen LogP contribution >= 0.6 is 34.8 Å². The molecule has 2 aromatic carbocycles. The summed E-state index contributed by atoms with van der Waals surface area (Å²) in [6.45, 7) is 4.87. The van der Waals surface area contributed by atoms with Crippen LogP contribution in [0.1, 0.15) is 6.92 Å². The summed E-state index contributed by atoms with van der Waals surface area (Å²) in [6.07, 6.45) is 0. The zero-order valence-electron chi connectivity index (χ0n) is 17.8. The van der Waals surface area contributed by atoms with E-state index in [0.29, 0.717) is 29.6 Å². The lowest BCUT2D eigenvalue weighted by molar-refractivity contribution is -0.122. The molecule has 0 spiro atoms. The molecule has 1 saturated heterocycles. The van der Waals surface area contributed by atoms with Crippen molar-refractivity contribution in [1.29, 1.82) is 0 Å². The van der Waals surface area contributed by atoms with E-state index in [2.05, 4.69) is 15.5 Å². The average Bonchev–Trinajstić information content (AvgIpc) is 2.77. The third kappa shape index (κ3) is 6.49. The zero-order chi connectivity index (χ0) is 23.3. The van der Waals surface area contributed by atoms with Crippen molar-refractivity contribution in [1.82, 2.24) is 4.90 Å². The van der Waals surface area contributed by atoms with Crippen molar-refractivity contribution in [2.24, 2.45) is 0 Å². The number of nitrogens with zero attached hydrogens (tertiary/aromatic N) is 2. The Balaban J connectivity index is 1.52. The van der Waals surface area contributed by atoms with Crippen molar-refractivity contribution < 1.29 is 14.3 Å². The predicted octanol–water partition coefficient (Wildman–Crippen LogP) is 4.38. The van der Waals surface area contributed by atoms with Gasteiger partial charge in [-0.05, 0) is 50.4 Å². The van der Waals surface area contributed by atoms with Gasteiger partial charge in [0.25, 0.3) is 0 Å². The molecule has 2 aromatic rings. The number of benzene rings is 2. The van der Waals surface area contributed by atoms with Gasteiger partial charge in [-0.3, -0.25) is 14.5 Å². The summed E-state index contributed by atoms with van der Waals surface area (Å²) >= 11 is 18.0. The van der Waals surface area contributed by atoms with E-state index in [1.807, 2.05) is 24.3 Å². The van der Waals surface area contributed by atoms with Crippen molar-refractivity contribution in [3.05, 3.63) is 51.5 Å². The largest absolute Gasteiger partial charge is 0.378 e. The first-order chi connectivity index (χ1) is 15.2. The molecule has 0 aromatic heterocycles. The molecule has 1 fully saturated rings. The number of hydrogen-bond donors (Lipinski definition) is 2. The summed E-state index contributed by atoms with van der Waals surface area (Å²) in [5, 5.41) is 6.44. The van der Waals surface area contributed by atoms with Gasteiger partial charge in [0, 0.05) is 24.5 Å². The lowest BCUT2D eigenvalue weighted by Gasteiger charge is -2.29. The van der Waals surface area contributed by atoms with Gasteiger partial charge in [0.2, 0.25) is 11.8 Å². The van der Waals surface area contributed by atoms with Crippen LogP contribution < -0.4 is 15.5 Å². The number of amides is 2. The van der Waals surface area contributed by atoms with Gasteiger partial charge in [-0.25, -0.2) is 0 Å². The number of morpholine rings is 1. The van der Waals surface area contributed by atoms with Gasteiger partial charge in [0.15, 0.2) is 0 Å². The number of carbonyl (C=O) groups excluding carboxylic acids is 2. The first kappa shape index (κ1) is 24.6. The third-order valence-electron chi connectivity index (χ3n) is 5.23. The molecule has 3 rings (SSSR count). The van der Waals surface area contributed by atoms with Crippen molar-refractivity contribution in [2.45, 2.75) is 13.0 Å². The topological polar surface area (TPSA) is 73.9 Å². The zero-order valence-corrected chi connectivity index (χ0v) is 20.1. The first-order valence-electron chi connectivity index (χ1n) is 10.1. The monoisotopic (exact) mass is 498 g/mol. The van der Waals surface area contributed by atoms with Gasteiger partial charge in [-0.15, -0.1) is 0 Å². The Morgan fingerprint density at radius 2 is 1.66 bits per heavy atom. The highest BCUT2D eigenvalue weighted by Gasteiger charge is 2.21. The van der Waals surface area contributed by atoms with E-state index in [0.717, 1.165) is 18.8 Å². The lowest BCUT2D eigenvalue weighted by Crippen LogP contribution is -2.43. The quantitative estimate of drug-likeness (QED) is 0.553. The van der Waals surface area contributed by atoms with Gasteiger partial charge in [0.05, 0.1) is 46.6 Å². The van der Waals surface area contributed by atoms with Crippen LogP contribution in [0.25, 0.3) is 0 Å². The molecule has 172 valence electrons. The fourth-order valence-electron chi connectivity index (χ4n) is 3.20. The number of anilines is 3.